The van der Waals surface area contributed by atoms with Crippen molar-refractivity contribution in [1.29, 1.82) is 0 Å². The molecule has 2 aromatic rings. The lowest BCUT2D eigenvalue weighted by Crippen LogP contribution is -2.36. The fourth-order valence-electron chi connectivity index (χ4n) is 5.50. The van der Waals surface area contributed by atoms with Crippen LogP contribution in [0.5, 0.6) is 0 Å². The van der Waals surface area contributed by atoms with Crippen molar-refractivity contribution in [2.75, 3.05) is 45.9 Å². The SMILES string of the molecule is O=C(NC(CCN1CC2CN(C(=O)c3cccc(F)c3)C[C@@H]2C1)c1ccccc1)OC1CCOC1. The van der Waals surface area contributed by atoms with Crippen molar-refractivity contribution in [2.45, 2.75) is 25.0 Å². The van der Waals surface area contributed by atoms with Crippen molar-refractivity contribution in [3.63, 3.8) is 0 Å². The Morgan fingerprint density at radius 3 is 2.51 bits per heavy atom. The van der Waals surface area contributed by atoms with Crippen molar-refractivity contribution >= 4 is 12.0 Å². The van der Waals surface area contributed by atoms with Crippen molar-refractivity contribution in [2.24, 2.45) is 11.8 Å². The number of nitrogens with one attached hydrogen (secondary N) is 1. The summed E-state index contributed by atoms with van der Waals surface area (Å²) in [6.45, 7) is 5.17. The minimum atomic E-state index is -0.404. The van der Waals surface area contributed by atoms with Crippen LogP contribution in [-0.4, -0.2) is 73.8 Å². The number of fused-ring (bicyclic) bond motifs is 1. The Hall–Kier alpha value is -2.97. The number of carbonyl (C=O) groups is 2. The van der Waals surface area contributed by atoms with Crippen molar-refractivity contribution in [3.8, 4) is 0 Å². The maximum absolute atomic E-state index is 13.5. The first-order valence-electron chi connectivity index (χ1n) is 12.4. The number of hydrogen-bond acceptors (Lipinski definition) is 5. The molecule has 5 rings (SSSR count). The van der Waals surface area contributed by atoms with Gasteiger partial charge < -0.3 is 24.6 Å². The zero-order valence-electron chi connectivity index (χ0n) is 19.8. The topological polar surface area (TPSA) is 71.1 Å². The third kappa shape index (κ3) is 5.82. The van der Waals surface area contributed by atoms with Crippen LogP contribution in [-0.2, 0) is 9.47 Å². The summed E-state index contributed by atoms with van der Waals surface area (Å²) in [6.07, 6.45) is 0.922. The minimum absolute atomic E-state index is 0.0926. The summed E-state index contributed by atoms with van der Waals surface area (Å²) in [6, 6.07) is 15.7. The molecule has 0 saturated carbocycles. The molecule has 3 heterocycles. The van der Waals surface area contributed by atoms with E-state index in [1.807, 2.05) is 35.2 Å². The van der Waals surface area contributed by atoms with Crippen molar-refractivity contribution in [1.82, 2.24) is 15.1 Å². The van der Waals surface area contributed by atoms with E-state index < -0.39 is 6.09 Å². The van der Waals surface area contributed by atoms with Gasteiger partial charge in [-0.1, -0.05) is 36.4 Å². The monoisotopic (exact) mass is 481 g/mol. The highest BCUT2D eigenvalue weighted by Crippen LogP contribution is 2.32. The molecule has 3 unspecified atom stereocenters. The van der Waals surface area contributed by atoms with E-state index in [-0.39, 0.29) is 23.9 Å². The van der Waals surface area contributed by atoms with Gasteiger partial charge in [-0.25, -0.2) is 9.18 Å². The van der Waals surface area contributed by atoms with E-state index in [0.717, 1.165) is 38.0 Å². The number of carbonyl (C=O) groups excluding carboxylic acids is 2. The van der Waals surface area contributed by atoms with Gasteiger partial charge in [0, 0.05) is 44.7 Å². The third-order valence-electron chi connectivity index (χ3n) is 7.31. The zero-order chi connectivity index (χ0) is 24.2. The van der Waals surface area contributed by atoms with Crippen LogP contribution in [0, 0.1) is 17.7 Å². The number of nitrogens with zero attached hydrogens (tertiary/aromatic N) is 2. The Morgan fingerprint density at radius 1 is 1.06 bits per heavy atom. The van der Waals surface area contributed by atoms with Crippen LogP contribution in [0.4, 0.5) is 9.18 Å². The maximum atomic E-state index is 13.5. The first-order chi connectivity index (χ1) is 17.0. The Balaban J connectivity index is 1.14. The fourth-order valence-corrected chi connectivity index (χ4v) is 5.50. The van der Waals surface area contributed by atoms with E-state index in [9.17, 15) is 14.0 Å². The van der Waals surface area contributed by atoms with Gasteiger partial charge in [-0.05, 0) is 42.0 Å². The number of benzene rings is 2. The second-order valence-corrected chi connectivity index (χ2v) is 9.79. The van der Waals surface area contributed by atoms with Gasteiger partial charge in [0.15, 0.2) is 0 Å². The molecular formula is C27H32FN3O4. The normalized spacial score (nSPS) is 24.8. The molecule has 1 N–H and O–H groups in total. The number of ether oxygens (including phenoxy) is 2. The van der Waals surface area contributed by atoms with Gasteiger partial charge in [-0.15, -0.1) is 0 Å². The van der Waals surface area contributed by atoms with E-state index in [4.69, 9.17) is 9.47 Å². The molecule has 186 valence electrons. The maximum Gasteiger partial charge on any atom is 0.407 e. The van der Waals surface area contributed by atoms with E-state index in [2.05, 4.69) is 10.2 Å². The van der Waals surface area contributed by atoms with E-state index in [0.29, 0.717) is 43.7 Å². The average Bonchev–Trinajstić information content (AvgIpc) is 3.59. The van der Waals surface area contributed by atoms with Gasteiger partial charge in [0.05, 0.1) is 19.3 Å². The smallest absolute Gasteiger partial charge is 0.407 e. The summed E-state index contributed by atoms with van der Waals surface area (Å²) in [5.41, 5.74) is 1.47. The highest BCUT2D eigenvalue weighted by atomic mass is 19.1. The van der Waals surface area contributed by atoms with Crippen molar-refractivity contribution < 1.29 is 23.5 Å². The molecule has 3 aliphatic heterocycles. The molecule has 7 nitrogen and oxygen atoms in total. The van der Waals surface area contributed by atoms with Gasteiger partial charge in [-0.2, -0.15) is 0 Å². The molecule has 2 amide bonds. The van der Waals surface area contributed by atoms with E-state index >= 15 is 0 Å². The van der Waals surface area contributed by atoms with Crippen LogP contribution in [0.2, 0.25) is 0 Å². The summed E-state index contributed by atoms with van der Waals surface area (Å²) < 4.78 is 24.4. The molecule has 35 heavy (non-hydrogen) atoms. The minimum Gasteiger partial charge on any atom is -0.444 e. The molecule has 3 aliphatic rings. The second kappa shape index (κ2) is 10.7. The summed E-state index contributed by atoms with van der Waals surface area (Å²) >= 11 is 0. The van der Waals surface area contributed by atoms with Gasteiger partial charge in [-0.3, -0.25) is 4.79 Å². The number of amides is 2. The molecule has 3 saturated heterocycles. The first kappa shape index (κ1) is 23.8. The molecular weight excluding hydrogens is 449 g/mol. The third-order valence-corrected chi connectivity index (χ3v) is 7.31. The van der Waals surface area contributed by atoms with Gasteiger partial charge in [0.2, 0.25) is 0 Å². The van der Waals surface area contributed by atoms with Gasteiger partial charge in [0.25, 0.3) is 5.91 Å². The van der Waals surface area contributed by atoms with Crippen LogP contribution >= 0.6 is 0 Å². The lowest BCUT2D eigenvalue weighted by Gasteiger charge is -2.25. The number of rotatable bonds is 7. The van der Waals surface area contributed by atoms with E-state index in [1.165, 1.54) is 12.1 Å². The standard InChI is InChI=1S/C27H32FN3O4/c28-23-8-4-7-20(13-23)26(32)31-16-21-14-30(15-22(21)17-31)11-9-25(19-5-2-1-3-6-19)29-27(33)35-24-10-12-34-18-24/h1-8,13,21-22,24-25H,9-12,14-18H2,(H,29,33)/t21-,22?,24?,25?/m0/s1. The Morgan fingerprint density at radius 2 is 1.83 bits per heavy atom. The molecule has 8 heteroatoms. The number of hydrogen-bond donors (Lipinski definition) is 1. The van der Waals surface area contributed by atoms with Crippen LogP contribution in [0.25, 0.3) is 0 Å². The quantitative estimate of drug-likeness (QED) is 0.656. The average molecular weight is 482 g/mol. The molecule has 0 aliphatic carbocycles. The van der Waals surface area contributed by atoms with Crippen LogP contribution < -0.4 is 5.32 Å². The predicted molar refractivity (Wildman–Crippen MR) is 128 cm³/mol. The summed E-state index contributed by atoms with van der Waals surface area (Å²) in [5, 5.41) is 3.05. The predicted octanol–water partition coefficient (Wildman–Crippen LogP) is 3.48. The van der Waals surface area contributed by atoms with E-state index in [1.54, 1.807) is 12.1 Å². The number of likely N-dealkylation sites (tertiary alicyclic amines) is 2. The molecule has 2 aromatic carbocycles. The zero-order valence-corrected chi connectivity index (χ0v) is 19.8. The lowest BCUT2D eigenvalue weighted by molar-refractivity contribution is 0.0773. The Kier molecular flexibility index (Phi) is 7.29. The first-order valence-corrected chi connectivity index (χ1v) is 12.4. The summed E-state index contributed by atoms with van der Waals surface area (Å²) in [4.78, 5) is 29.6. The molecule has 3 fully saturated rings. The Labute approximate surface area is 205 Å². The summed E-state index contributed by atoms with van der Waals surface area (Å²) in [5.74, 6) is 0.361. The van der Waals surface area contributed by atoms with Gasteiger partial charge >= 0.3 is 6.09 Å². The summed E-state index contributed by atoms with van der Waals surface area (Å²) in [7, 11) is 0. The second-order valence-electron chi connectivity index (χ2n) is 9.79. The fraction of sp³-hybridized carbons (Fsp3) is 0.481. The molecule has 0 radical (unpaired) electrons. The molecule has 0 aromatic heterocycles. The number of alkyl carbamates (subject to hydrolysis) is 1. The van der Waals surface area contributed by atoms with Crippen LogP contribution in [0.3, 0.4) is 0 Å². The highest BCUT2D eigenvalue weighted by Gasteiger charge is 2.41. The molecule has 0 spiro atoms. The van der Waals surface area contributed by atoms with Crippen molar-refractivity contribution in [3.05, 3.63) is 71.5 Å². The Bertz CT molecular complexity index is 1020. The lowest BCUT2D eigenvalue weighted by atomic mass is 10.0. The van der Waals surface area contributed by atoms with Crippen LogP contribution in [0.15, 0.2) is 54.6 Å². The molecule has 0 bridgehead atoms. The largest absolute Gasteiger partial charge is 0.444 e. The molecule has 4 atom stereocenters. The van der Waals surface area contributed by atoms with Gasteiger partial charge in [0.1, 0.15) is 11.9 Å². The number of halogens is 1. The highest BCUT2D eigenvalue weighted by molar-refractivity contribution is 5.94. The van der Waals surface area contributed by atoms with Crippen LogP contribution in [0.1, 0.15) is 34.8 Å².